The molecule has 32 heavy (non-hydrogen) atoms. The predicted octanol–water partition coefficient (Wildman–Crippen LogP) is 4.09. The van der Waals surface area contributed by atoms with Gasteiger partial charge < -0.3 is 9.64 Å². The Morgan fingerprint density at radius 2 is 1.59 bits per heavy atom. The summed E-state index contributed by atoms with van der Waals surface area (Å²) in [5.41, 5.74) is 0.554. The van der Waals surface area contributed by atoms with Gasteiger partial charge in [0, 0.05) is 13.1 Å². The fraction of sp³-hybridized carbons (Fsp3) is 0.333. The van der Waals surface area contributed by atoms with Gasteiger partial charge in [-0.25, -0.2) is 0 Å². The van der Waals surface area contributed by atoms with Crippen LogP contribution < -0.4 is 0 Å². The quantitative estimate of drug-likeness (QED) is 0.667. The third-order valence-electron chi connectivity index (χ3n) is 5.54. The number of imide groups is 1. The first-order chi connectivity index (χ1) is 15.1. The molecule has 8 heteroatoms. The largest absolute Gasteiger partial charge is 0.416 e. The van der Waals surface area contributed by atoms with E-state index in [0.717, 1.165) is 17.0 Å². The van der Waals surface area contributed by atoms with Crippen LogP contribution in [-0.2, 0) is 27.0 Å². The molecule has 2 amide bonds. The van der Waals surface area contributed by atoms with Crippen LogP contribution in [0.25, 0.3) is 5.57 Å². The van der Waals surface area contributed by atoms with Crippen LogP contribution in [0.1, 0.15) is 30.5 Å². The maximum absolute atomic E-state index is 13.4. The topological polar surface area (TPSA) is 49.9 Å². The summed E-state index contributed by atoms with van der Waals surface area (Å²) in [6.07, 6.45) is -4.78. The van der Waals surface area contributed by atoms with E-state index in [-0.39, 0.29) is 35.6 Å². The average Bonchev–Trinajstić information content (AvgIpc) is 2.98. The molecular formula is C24H23F3N2O3. The summed E-state index contributed by atoms with van der Waals surface area (Å²) in [6, 6.07) is 13.6. The SMILES string of the molecule is CC1CN(C2=C(c3ccccc3)C(=O)N(Cc3cccc(C(F)(F)F)c3)C2=O)CC(C)O1. The van der Waals surface area contributed by atoms with Crippen LogP contribution in [0.2, 0.25) is 0 Å². The molecule has 0 radical (unpaired) electrons. The Morgan fingerprint density at radius 1 is 0.938 bits per heavy atom. The van der Waals surface area contributed by atoms with Crippen molar-refractivity contribution in [2.45, 2.75) is 38.8 Å². The lowest BCUT2D eigenvalue weighted by Gasteiger charge is -2.37. The van der Waals surface area contributed by atoms with E-state index in [1.807, 2.05) is 24.8 Å². The maximum atomic E-state index is 13.4. The standard InChI is InChI=1S/C24H23F3N2O3/c1-15-12-28(13-16(2)32-15)21-20(18-8-4-3-5-9-18)22(30)29(23(21)31)14-17-7-6-10-19(11-17)24(25,26)27/h3-11,15-16H,12-14H2,1-2H3. The van der Waals surface area contributed by atoms with Gasteiger partial charge in [-0.05, 0) is 37.1 Å². The van der Waals surface area contributed by atoms with E-state index in [4.69, 9.17) is 4.74 Å². The van der Waals surface area contributed by atoms with E-state index in [2.05, 4.69) is 0 Å². The lowest BCUT2D eigenvalue weighted by molar-refractivity contribution is -0.139. The van der Waals surface area contributed by atoms with Crippen LogP contribution in [0.15, 0.2) is 60.3 Å². The lowest BCUT2D eigenvalue weighted by Crippen LogP contribution is -2.46. The number of carbonyl (C=O) groups is 2. The molecule has 2 aliphatic rings. The fourth-order valence-electron chi connectivity index (χ4n) is 4.25. The van der Waals surface area contributed by atoms with E-state index in [1.165, 1.54) is 12.1 Å². The van der Waals surface area contributed by atoms with Crippen molar-refractivity contribution in [1.29, 1.82) is 0 Å². The Morgan fingerprint density at radius 3 is 2.22 bits per heavy atom. The van der Waals surface area contributed by atoms with Crippen molar-refractivity contribution in [3.05, 3.63) is 77.0 Å². The van der Waals surface area contributed by atoms with Crippen molar-refractivity contribution < 1.29 is 27.5 Å². The highest BCUT2D eigenvalue weighted by Gasteiger charge is 2.43. The number of carbonyl (C=O) groups excluding carboxylic acids is 2. The van der Waals surface area contributed by atoms with E-state index >= 15 is 0 Å². The van der Waals surface area contributed by atoms with Gasteiger partial charge in [-0.15, -0.1) is 0 Å². The number of benzene rings is 2. The monoisotopic (exact) mass is 444 g/mol. The highest BCUT2D eigenvalue weighted by atomic mass is 19.4. The van der Waals surface area contributed by atoms with Gasteiger partial charge in [0.05, 0.1) is 29.9 Å². The second kappa shape index (κ2) is 8.43. The van der Waals surface area contributed by atoms with Crippen molar-refractivity contribution in [3.63, 3.8) is 0 Å². The molecule has 0 spiro atoms. The van der Waals surface area contributed by atoms with Crippen molar-refractivity contribution in [2.75, 3.05) is 13.1 Å². The maximum Gasteiger partial charge on any atom is 0.416 e. The highest BCUT2D eigenvalue weighted by molar-refractivity contribution is 6.35. The zero-order valence-electron chi connectivity index (χ0n) is 17.7. The van der Waals surface area contributed by atoms with Crippen LogP contribution in [0.5, 0.6) is 0 Å². The highest BCUT2D eigenvalue weighted by Crippen LogP contribution is 2.35. The van der Waals surface area contributed by atoms with Crippen LogP contribution in [0.3, 0.4) is 0 Å². The molecule has 5 nitrogen and oxygen atoms in total. The van der Waals surface area contributed by atoms with Crippen molar-refractivity contribution in [3.8, 4) is 0 Å². The zero-order chi connectivity index (χ0) is 23.0. The molecular weight excluding hydrogens is 421 g/mol. The summed E-state index contributed by atoms with van der Waals surface area (Å²) in [5, 5.41) is 0. The summed E-state index contributed by atoms with van der Waals surface area (Å²) >= 11 is 0. The Bertz CT molecular complexity index is 1060. The molecule has 2 aromatic carbocycles. The van der Waals surface area contributed by atoms with Crippen LogP contribution in [-0.4, -0.2) is 46.9 Å². The molecule has 0 N–H and O–H groups in total. The number of hydrogen-bond acceptors (Lipinski definition) is 4. The average molecular weight is 444 g/mol. The number of ether oxygens (including phenoxy) is 1. The van der Waals surface area contributed by atoms with Gasteiger partial charge in [0.1, 0.15) is 5.70 Å². The van der Waals surface area contributed by atoms with Crippen molar-refractivity contribution in [2.24, 2.45) is 0 Å². The number of alkyl halides is 3. The molecule has 2 aliphatic heterocycles. The van der Waals surface area contributed by atoms with Gasteiger partial charge in [0.15, 0.2) is 0 Å². The van der Waals surface area contributed by atoms with Gasteiger partial charge >= 0.3 is 6.18 Å². The summed E-state index contributed by atoms with van der Waals surface area (Å²) < 4.78 is 45.1. The summed E-state index contributed by atoms with van der Waals surface area (Å²) in [5.74, 6) is -1.02. The van der Waals surface area contributed by atoms with Gasteiger partial charge in [-0.3, -0.25) is 14.5 Å². The number of amides is 2. The van der Waals surface area contributed by atoms with E-state index in [9.17, 15) is 22.8 Å². The molecule has 2 atom stereocenters. The first-order valence-electron chi connectivity index (χ1n) is 10.4. The number of nitrogens with zero attached hydrogens (tertiary/aromatic N) is 2. The van der Waals surface area contributed by atoms with Crippen LogP contribution in [0, 0.1) is 0 Å². The first-order valence-corrected chi connectivity index (χ1v) is 10.4. The van der Waals surface area contributed by atoms with Crippen LogP contribution in [0.4, 0.5) is 13.2 Å². The number of rotatable bonds is 4. The zero-order valence-corrected chi connectivity index (χ0v) is 17.7. The smallest absolute Gasteiger partial charge is 0.372 e. The van der Waals surface area contributed by atoms with E-state index < -0.39 is 23.6 Å². The molecule has 0 bridgehead atoms. The second-order valence-electron chi connectivity index (χ2n) is 8.15. The second-order valence-corrected chi connectivity index (χ2v) is 8.15. The summed E-state index contributed by atoms with van der Waals surface area (Å²) in [6.45, 7) is 4.43. The molecule has 0 aromatic heterocycles. The predicted molar refractivity (Wildman–Crippen MR) is 112 cm³/mol. The van der Waals surface area contributed by atoms with Crippen LogP contribution >= 0.6 is 0 Å². The minimum absolute atomic E-state index is 0.135. The third kappa shape index (κ3) is 4.27. The van der Waals surface area contributed by atoms with E-state index in [0.29, 0.717) is 18.7 Å². The molecule has 168 valence electrons. The lowest BCUT2D eigenvalue weighted by atomic mass is 10.0. The summed E-state index contributed by atoms with van der Waals surface area (Å²) in [4.78, 5) is 29.7. The Kier molecular flexibility index (Phi) is 5.81. The molecule has 0 saturated carbocycles. The Labute approximate surface area is 184 Å². The van der Waals surface area contributed by atoms with Crippen molar-refractivity contribution in [1.82, 2.24) is 9.80 Å². The Balaban J connectivity index is 1.71. The first kappa shape index (κ1) is 22.1. The molecule has 2 heterocycles. The van der Waals surface area contributed by atoms with Gasteiger partial charge in [-0.2, -0.15) is 13.2 Å². The van der Waals surface area contributed by atoms with Gasteiger partial charge in [0.25, 0.3) is 11.8 Å². The molecule has 1 fully saturated rings. The number of halogens is 3. The minimum Gasteiger partial charge on any atom is -0.372 e. The molecule has 0 aliphatic carbocycles. The Hall–Kier alpha value is -3.13. The normalized spacial score (nSPS) is 22.2. The van der Waals surface area contributed by atoms with Gasteiger partial charge in [0.2, 0.25) is 0 Å². The minimum atomic E-state index is -4.51. The van der Waals surface area contributed by atoms with Gasteiger partial charge in [-0.1, -0.05) is 42.5 Å². The fourth-order valence-corrected chi connectivity index (χ4v) is 4.25. The molecule has 1 saturated heterocycles. The third-order valence-corrected chi connectivity index (χ3v) is 5.54. The number of morpholine rings is 1. The molecule has 2 unspecified atom stereocenters. The number of hydrogen-bond donors (Lipinski definition) is 0. The molecule has 4 rings (SSSR count). The summed E-state index contributed by atoms with van der Waals surface area (Å²) in [7, 11) is 0. The van der Waals surface area contributed by atoms with E-state index in [1.54, 1.807) is 24.3 Å². The molecule has 2 aromatic rings. The van der Waals surface area contributed by atoms with Crippen molar-refractivity contribution >= 4 is 17.4 Å².